The molecular weight excluding hydrogens is 332 g/mol. The van der Waals surface area contributed by atoms with Crippen molar-refractivity contribution in [1.29, 1.82) is 0 Å². The zero-order valence-electron chi connectivity index (χ0n) is 13.9. The SMILES string of the molecule is CC(CCCCN)Nc1c(-c2nccn2C(F)F)cccc1[N+](=O)[O-]. The van der Waals surface area contributed by atoms with Crippen LogP contribution >= 0.6 is 0 Å². The molecule has 1 aromatic carbocycles. The number of nitrogens with one attached hydrogen (secondary N) is 1. The van der Waals surface area contributed by atoms with Gasteiger partial charge in [0, 0.05) is 30.1 Å². The fourth-order valence-corrected chi connectivity index (χ4v) is 2.62. The van der Waals surface area contributed by atoms with Crippen molar-refractivity contribution in [1.82, 2.24) is 9.55 Å². The number of nitrogens with zero attached hydrogens (tertiary/aromatic N) is 3. The molecule has 1 heterocycles. The van der Waals surface area contributed by atoms with Gasteiger partial charge >= 0.3 is 6.55 Å². The number of nitro groups is 1. The van der Waals surface area contributed by atoms with Crippen LogP contribution in [-0.2, 0) is 0 Å². The first-order valence-electron chi connectivity index (χ1n) is 8.01. The molecule has 1 unspecified atom stereocenters. The van der Waals surface area contributed by atoms with Crippen molar-refractivity contribution >= 4 is 11.4 Å². The number of nitro benzene ring substituents is 1. The van der Waals surface area contributed by atoms with Crippen molar-refractivity contribution < 1.29 is 13.7 Å². The maximum Gasteiger partial charge on any atom is 0.320 e. The van der Waals surface area contributed by atoms with Crippen LogP contribution in [-0.4, -0.2) is 27.1 Å². The van der Waals surface area contributed by atoms with E-state index in [0.717, 1.165) is 25.5 Å². The second kappa shape index (κ2) is 8.52. The number of benzene rings is 1. The van der Waals surface area contributed by atoms with E-state index in [9.17, 15) is 18.9 Å². The lowest BCUT2D eigenvalue weighted by Crippen LogP contribution is -2.17. The fraction of sp³-hybridized carbons (Fsp3) is 0.438. The molecule has 0 radical (unpaired) electrons. The van der Waals surface area contributed by atoms with Crippen molar-refractivity contribution in [2.75, 3.05) is 11.9 Å². The number of alkyl halides is 2. The number of nitrogens with two attached hydrogens (primary N) is 1. The number of rotatable bonds is 9. The van der Waals surface area contributed by atoms with Gasteiger partial charge in [0.25, 0.3) is 5.69 Å². The summed E-state index contributed by atoms with van der Waals surface area (Å²) in [6, 6.07) is 4.26. The van der Waals surface area contributed by atoms with Gasteiger partial charge < -0.3 is 11.1 Å². The van der Waals surface area contributed by atoms with Crippen LogP contribution in [0.25, 0.3) is 11.4 Å². The number of aromatic nitrogens is 2. The third kappa shape index (κ3) is 4.50. The molecule has 0 amide bonds. The topological polar surface area (TPSA) is 99.0 Å². The lowest BCUT2D eigenvalue weighted by molar-refractivity contribution is -0.383. The molecule has 2 aromatic rings. The van der Waals surface area contributed by atoms with Crippen LogP contribution in [0.1, 0.15) is 32.7 Å². The van der Waals surface area contributed by atoms with Crippen LogP contribution in [0.2, 0.25) is 0 Å². The predicted octanol–water partition coefficient (Wildman–Crippen LogP) is 3.78. The molecule has 0 aliphatic carbocycles. The lowest BCUT2D eigenvalue weighted by Gasteiger charge is -2.18. The monoisotopic (exact) mass is 353 g/mol. The molecule has 136 valence electrons. The Labute approximate surface area is 144 Å². The molecule has 1 atom stereocenters. The minimum atomic E-state index is -2.79. The van der Waals surface area contributed by atoms with Crippen molar-refractivity contribution in [3.8, 4) is 11.4 Å². The third-order valence-corrected chi connectivity index (χ3v) is 3.84. The Morgan fingerprint density at radius 1 is 1.40 bits per heavy atom. The van der Waals surface area contributed by atoms with Crippen LogP contribution in [0.5, 0.6) is 0 Å². The number of unbranched alkanes of at least 4 members (excludes halogenated alkanes) is 1. The number of anilines is 1. The molecular formula is C16H21F2N5O2. The number of hydrogen-bond donors (Lipinski definition) is 2. The quantitative estimate of drug-likeness (QED) is 0.406. The number of hydrogen-bond acceptors (Lipinski definition) is 5. The molecule has 0 bridgehead atoms. The largest absolute Gasteiger partial charge is 0.376 e. The minimum Gasteiger partial charge on any atom is -0.376 e. The van der Waals surface area contributed by atoms with Gasteiger partial charge in [-0.05, 0) is 32.4 Å². The first kappa shape index (κ1) is 18.8. The zero-order valence-corrected chi connectivity index (χ0v) is 13.9. The molecule has 2 rings (SSSR count). The van der Waals surface area contributed by atoms with Crippen LogP contribution < -0.4 is 11.1 Å². The summed E-state index contributed by atoms with van der Waals surface area (Å²) in [5, 5.41) is 14.5. The Morgan fingerprint density at radius 3 is 2.80 bits per heavy atom. The lowest BCUT2D eigenvalue weighted by atomic mass is 10.1. The molecule has 0 saturated carbocycles. The van der Waals surface area contributed by atoms with Gasteiger partial charge in [0.05, 0.1) is 4.92 Å². The molecule has 0 saturated heterocycles. The van der Waals surface area contributed by atoms with E-state index in [1.807, 2.05) is 6.92 Å². The summed E-state index contributed by atoms with van der Waals surface area (Å²) in [5.41, 5.74) is 5.76. The molecule has 1 aromatic heterocycles. The van der Waals surface area contributed by atoms with Crippen molar-refractivity contribution in [2.24, 2.45) is 5.73 Å². The highest BCUT2D eigenvalue weighted by Gasteiger charge is 2.23. The highest BCUT2D eigenvalue weighted by atomic mass is 19.3. The van der Waals surface area contributed by atoms with Gasteiger partial charge in [0.15, 0.2) is 0 Å². The zero-order chi connectivity index (χ0) is 18.4. The van der Waals surface area contributed by atoms with E-state index < -0.39 is 11.5 Å². The van der Waals surface area contributed by atoms with Crippen LogP contribution in [0, 0.1) is 10.1 Å². The Morgan fingerprint density at radius 2 is 2.16 bits per heavy atom. The molecule has 0 aliphatic rings. The van der Waals surface area contributed by atoms with Gasteiger partial charge in [0.2, 0.25) is 0 Å². The normalized spacial score (nSPS) is 12.4. The van der Waals surface area contributed by atoms with E-state index in [1.165, 1.54) is 18.3 Å². The van der Waals surface area contributed by atoms with Crippen molar-refractivity contribution in [3.63, 3.8) is 0 Å². The average molecular weight is 353 g/mol. The predicted molar refractivity (Wildman–Crippen MR) is 91.6 cm³/mol. The van der Waals surface area contributed by atoms with Gasteiger partial charge in [-0.2, -0.15) is 8.78 Å². The van der Waals surface area contributed by atoms with Gasteiger partial charge in [-0.25, -0.2) is 4.98 Å². The molecule has 0 aliphatic heterocycles. The summed E-state index contributed by atoms with van der Waals surface area (Å²) in [4.78, 5) is 14.8. The van der Waals surface area contributed by atoms with Gasteiger partial charge in [-0.1, -0.05) is 12.5 Å². The maximum absolute atomic E-state index is 13.2. The standard InChI is InChI=1S/C16H21F2N5O2/c1-11(5-2-3-8-19)21-14-12(6-4-7-13(14)23(24)25)15-20-9-10-22(15)16(17)18/h4,6-7,9-11,16,21H,2-3,5,8,19H2,1H3. The molecule has 0 spiro atoms. The summed E-state index contributed by atoms with van der Waals surface area (Å²) >= 11 is 0. The Hall–Kier alpha value is -2.55. The van der Waals surface area contributed by atoms with Gasteiger partial charge in [-0.15, -0.1) is 0 Å². The number of halogens is 2. The molecule has 0 fully saturated rings. The highest BCUT2D eigenvalue weighted by Crippen LogP contribution is 2.36. The van der Waals surface area contributed by atoms with E-state index in [4.69, 9.17) is 5.73 Å². The third-order valence-electron chi connectivity index (χ3n) is 3.84. The van der Waals surface area contributed by atoms with E-state index in [2.05, 4.69) is 10.3 Å². The van der Waals surface area contributed by atoms with E-state index in [-0.39, 0.29) is 28.8 Å². The maximum atomic E-state index is 13.2. The summed E-state index contributed by atoms with van der Waals surface area (Å²) in [7, 11) is 0. The first-order chi connectivity index (χ1) is 12.0. The van der Waals surface area contributed by atoms with Crippen LogP contribution in [0.4, 0.5) is 20.2 Å². The molecule has 25 heavy (non-hydrogen) atoms. The van der Waals surface area contributed by atoms with E-state index in [0.29, 0.717) is 11.1 Å². The van der Waals surface area contributed by atoms with Crippen molar-refractivity contribution in [2.45, 2.75) is 38.8 Å². The Bertz CT molecular complexity index is 720. The average Bonchev–Trinajstić information content (AvgIpc) is 3.04. The number of imidazole rings is 1. The summed E-state index contributed by atoms with van der Waals surface area (Å²) < 4.78 is 27.0. The fourth-order valence-electron chi connectivity index (χ4n) is 2.62. The van der Waals surface area contributed by atoms with E-state index in [1.54, 1.807) is 6.07 Å². The Balaban J connectivity index is 2.41. The minimum absolute atomic E-state index is 0.0182. The summed E-state index contributed by atoms with van der Waals surface area (Å²) in [6.45, 7) is -0.321. The second-order valence-electron chi connectivity index (χ2n) is 5.72. The molecule has 9 heteroatoms. The Kier molecular flexibility index (Phi) is 6.40. The van der Waals surface area contributed by atoms with Gasteiger partial charge in [-0.3, -0.25) is 14.7 Å². The molecule has 7 nitrogen and oxygen atoms in total. The van der Waals surface area contributed by atoms with Gasteiger partial charge in [0.1, 0.15) is 11.5 Å². The van der Waals surface area contributed by atoms with Crippen molar-refractivity contribution in [3.05, 3.63) is 40.7 Å². The number of para-hydroxylation sites is 1. The van der Waals surface area contributed by atoms with Crippen LogP contribution in [0.15, 0.2) is 30.6 Å². The summed E-state index contributed by atoms with van der Waals surface area (Å²) in [5.74, 6) is -0.0182. The summed E-state index contributed by atoms with van der Waals surface area (Å²) in [6.07, 6.45) is 4.87. The highest BCUT2D eigenvalue weighted by molar-refractivity contribution is 5.81. The smallest absolute Gasteiger partial charge is 0.320 e. The first-order valence-corrected chi connectivity index (χ1v) is 8.01. The van der Waals surface area contributed by atoms with E-state index >= 15 is 0 Å². The molecule has 3 N–H and O–H groups in total. The second-order valence-corrected chi connectivity index (χ2v) is 5.72. The van der Waals surface area contributed by atoms with Crippen LogP contribution in [0.3, 0.4) is 0 Å².